The summed E-state index contributed by atoms with van der Waals surface area (Å²) >= 11 is 3.26. The van der Waals surface area contributed by atoms with Gasteiger partial charge < -0.3 is 5.32 Å². The fraction of sp³-hybridized carbons (Fsp3) is 0.100. The molecule has 6 heteroatoms. The number of aromatic nitrogens is 3. The summed E-state index contributed by atoms with van der Waals surface area (Å²) in [4.78, 5) is 15.8. The predicted octanol–water partition coefficient (Wildman–Crippen LogP) is 2.13. The largest absolute Gasteiger partial charge is 0.320 e. The Kier molecular flexibility index (Phi) is 3.00. The molecular weight excluding hydrogens is 272 g/mol. The van der Waals surface area contributed by atoms with Crippen molar-refractivity contribution >= 4 is 27.5 Å². The Labute approximate surface area is 100 Å². The monoisotopic (exact) mass is 280 g/mol. The number of hydrogen-bond donors (Lipinski definition) is 2. The zero-order chi connectivity index (χ0) is 11.5. The van der Waals surface area contributed by atoms with Crippen LogP contribution in [0.2, 0.25) is 0 Å². The average Bonchev–Trinajstić information content (AvgIpc) is 2.68. The molecule has 0 aliphatic rings. The van der Waals surface area contributed by atoms with Crippen LogP contribution in [0.25, 0.3) is 0 Å². The van der Waals surface area contributed by atoms with Gasteiger partial charge >= 0.3 is 0 Å². The molecule has 2 N–H and O–H groups in total. The van der Waals surface area contributed by atoms with E-state index in [1.165, 1.54) is 6.20 Å². The SMILES string of the molecule is Cc1[nH]ncc1C(=O)Nc1cccnc1Br. The number of hydrogen-bond acceptors (Lipinski definition) is 3. The van der Waals surface area contributed by atoms with Crippen molar-refractivity contribution in [2.45, 2.75) is 6.92 Å². The first-order chi connectivity index (χ1) is 7.68. The number of amides is 1. The van der Waals surface area contributed by atoms with Crippen molar-refractivity contribution in [3.63, 3.8) is 0 Å². The molecule has 0 bridgehead atoms. The first-order valence-corrected chi connectivity index (χ1v) is 5.39. The number of carbonyl (C=O) groups is 1. The summed E-state index contributed by atoms with van der Waals surface area (Å²) < 4.78 is 0.601. The summed E-state index contributed by atoms with van der Waals surface area (Å²) in [5, 5.41) is 9.25. The summed E-state index contributed by atoms with van der Waals surface area (Å²) in [6.07, 6.45) is 3.14. The van der Waals surface area contributed by atoms with Crippen LogP contribution in [-0.2, 0) is 0 Å². The number of pyridine rings is 1. The Morgan fingerprint density at radius 2 is 2.38 bits per heavy atom. The third-order valence-electron chi connectivity index (χ3n) is 2.08. The lowest BCUT2D eigenvalue weighted by Crippen LogP contribution is -2.12. The Morgan fingerprint density at radius 3 is 3.00 bits per heavy atom. The molecule has 0 saturated carbocycles. The van der Waals surface area contributed by atoms with Crippen molar-refractivity contribution in [3.05, 3.63) is 40.4 Å². The van der Waals surface area contributed by atoms with Gasteiger partial charge in [-0.1, -0.05) is 0 Å². The van der Waals surface area contributed by atoms with Gasteiger partial charge in [0.2, 0.25) is 0 Å². The van der Waals surface area contributed by atoms with Crippen molar-refractivity contribution in [3.8, 4) is 0 Å². The topological polar surface area (TPSA) is 70.7 Å². The van der Waals surface area contributed by atoms with Crippen LogP contribution in [-0.4, -0.2) is 21.1 Å². The van der Waals surface area contributed by atoms with Crippen LogP contribution in [0.1, 0.15) is 16.1 Å². The number of carbonyl (C=O) groups excluding carboxylic acids is 1. The molecule has 0 aliphatic heterocycles. The molecular formula is C10H9BrN4O. The minimum atomic E-state index is -0.208. The second-order valence-electron chi connectivity index (χ2n) is 3.20. The van der Waals surface area contributed by atoms with Crippen molar-refractivity contribution in [1.82, 2.24) is 15.2 Å². The van der Waals surface area contributed by atoms with E-state index < -0.39 is 0 Å². The van der Waals surface area contributed by atoms with Crippen LogP contribution in [0.4, 0.5) is 5.69 Å². The maximum absolute atomic E-state index is 11.8. The minimum Gasteiger partial charge on any atom is -0.320 e. The van der Waals surface area contributed by atoms with Gasteiger partial charge in [0, 0.05) is 11.9 Å². The van der Waals surface area contributed by atoms with E-state index in [9.17, 15) is 4.79 Å². The highest BCUT2D eigenvalue weighted by atomic mass is 79.9. The van der Waals surface area contributed by atoms with E-state index in [0.29, 0.717) is 15.9 Å². The molecule has 2 aromatic rings. The van der Waals surface area contributed by atoms with E-state index in [1.54, 1.807) is 25.3 Å². The maximum atomic E-state index is 11.8. The Balaban J connectivity index is 2.21. The molecule has 0 radical (unpaired) electrons. The molecule has 0 atom stereocenters. The molecule has 0 aliphatic carbocycles. The molecule has 1 amide bonds. The van der Waals surface area contributed by atoms with Gasteiger partial charge in [0.05, 0.1) is 17.4 Å². The second kappa shape index (κ2) is 4.44. The second-order valence-corrected chi connectivity index (χ2v) is 3.96. The van der Waals surface area contributed by atoms with E-state index in [2.05, 4.69) is 36.4 Å². The van der Waals surface area contributed by atoms with Gasteiger partial charge in [0.1, 0.15) is 4.60 Å². The van der Waals surface area contributed by atoms with Crippen LogP contribution in [0.3, 0.4) is 0 Å². The summed E-state index contributed by atoms with van der Waals surface area (Å²) in [6.45, 7) is 1.79. The van der Waals surface area contributed by atoms with Crippen molar-refractivity contribution in [2.24, 2.45) is 0 Å². The fourth-order valence-corrected chi connectivity index (χ4v) is 1.60. The molecule has 0 saturated heterocycles. The number of H-pyrrole nitrogens is 1. The maximum Gasteiger partial charge on any atom is 0.259 e. The number of aromatic amines is 1. The summed E-state index contributed by atoms with van der Waals surface area (Å²) in [6, 6.07) is 3.52. The molecule has 2 rings (SSSR count). The fourth-order valence-electron chi connectivity index (χ4n) is 1.25. The van der Waals surface area contributed by atoms with Crippen molar-refractivity contribution < 1.29 is 4.79 Å². The third-order valence-corrected chi connectivity index (χ3v) is 2.71. The van der Waals surface area contributed by atoms with Gasteiger partial charge in [-0.15, -0.1) is 0 Å². The lowest BCUT2D eigenvalue weighted by molar-refractivity contribution is 0.102. The van der Waals surface area contributed by atoms with E-state index in [-0.39, 0.29) is 5.91 Å². The van der Waals surface area contributed by atoms with Crippen LogP contribution in [0, 0.1) is 6.92 Å². The molecule has 0 spiro atoms. The first-order valence-electron chi connectivity index (χ1n) is 4.60. The Bertz CT molecular complexity index is 523. The van der Waals surface area contributed by atoms with Gasteiger partial charge in [-0.2, -0.15) is 5.10 Å². The van der Waals surface area contributed by atoms with Crippen LogP contribution < -0.4 is 5.32 Å². The number of halogens is 1. The van der Waals surface area contributed by atoms with E-state index in [4.69, 9.17) is 0 Å². The Hall–Kier alpha value is -1.69. The lowest BCUT2D eigenvalue weighted by atomic mass is 10.2. The van der Waals surface area contributed by atoms with Gasteiger partial charge in [0.25, 0.3) is 5.91 Å². The number of rotatable bonds is 2. The summed E-state index contributed by atoms with van der Waals surface area (Å²) in [5.74, 6) is -0.208. The van der Waals surface area contributed by atoms with Crippen molar-refractivity contribution in [2.75, 3.05) is 5.32 Å². The standard InChI is InChI=1S/C10H9BrN4O/c1-6-7(5-13-15-6)10(16)14-8-3-2-4-12-9(8)11/h2-5H,1H3,(H,13,15)(H,14,16). The highest BCUT2D eigenvalue weighted by Crippen LogP contribution is 2.19. The first kappa shape index (κ1) is 10.8. The Morgan fingerprint density at radius 1 is 1.56 bits per heavy atom. The van der Waals surface area contributed by atoms with Gasteiger partial charge in [-0.05, 0) is 35.0 Å². The highest BCUT2D eigenvalue weighted by molar-refractivity contribution is 9.10. The third kappa shape index (κ3) is 2.11. The molecule has 82 valence electrons. The van der Waals surface area contributed by atoms with Crippen LogP contribution in [0.5, 0.6) is 0 Å². The molecule has 0 aromatic carbocycles. The van der Waals surface area contributed by atoms with Gasteiger partial charge in [0.15, 0.2) is 0 Å². The summed E-state index contributed by atoms with van der Waals surface area (Å²) in [5.41, 5.74) is 1.89. The quantitative estimate of drug-likeness (QED) is 0.828. The number of nitrogens with zero attached hydrogens (tertiary/aromatic N) is 2. The average molecular weight is 281 g/mol. The number of anilines is 1. The van der Waals surface area contributed by atoms with E-state index >= 15 is 0 Å². The molecule has 0 unspecified atom stereocenters. The zero-order valence-corrected chi connectivity index (χ0v) is 10.1. The molecule has 16 heavy (non-hydrogen) atoms. The van der Waals surface area contributed by atoms with E-state index in [1.807, 2.05) is 0 Å². The molecule has 0 fully saturated rings. The van der Waals surface area contributed by atoms with Crippen molar-refractivity contribution in [1.29, 1.82) is 0 Å². The van der Waals surface area contributed by atoms with E-state index in [0.717, 1.165) is 5.69 Å². The predicted molar refractivity (Wildman–Crippen MR) is 63.2 cm³/mol. The van der Waals surface area contributed by atoms with Gasteiger partial charge in [-0.3, -0.25) is 9.89 Å². The molecule has 2 heterocycles. The number of aryl methyl sites for hydroxylation is 1. The smallest absolute Gasteiger partial charge is 0.259 e. The number of nitrogens with one attached hydrogen (secondary N) is 2. The highest BCUT2D eigenvalue weighted by Gasteiger charge is 2.12. The summed E-state index contributed by atoms with van der Waals surface area (Å²) in [7, 11) is 0. The zero-order valence-electron chi connectivity index (χ0n) is 8.49. The van der Waals surface area contributed by atoms with Gasteiger partial charge in [-0.25, -0.2) is 4.98 Å². The lowest BCUT2D eigenvalue weighted by Gasteiger charge is -2.05. The molecule has 5 nitrogen and oxygen atoms in total. The molecule has 2 aromatic heterocycles. The minimum absolute atomic E-state index is 0.208. The van der Waals surface area contributed by atoms with Crippen LogP contribution >= 0.6 is 15.9 Å². The van der Waals surface area contributed by atoms with Crippen LogP contribution in [0.15, 0.2) is 29.1 Å². The normalized spacial score (nSPS) is 10.1.